The van der Waals surface area contributed by atoms with Crippen molar-refractivity contribution in [1.29, 1.82) is 0 Å². The molecule has 0 atom stereocenters. The summed E-state index contributed by atoms with van der Waals surface area (Å²) in [7, 11) is -3.91. The number of urea groups is 1. The third-order valence-electron chi connectivity index (χ3n) is 5.33. The van der Waals surface area contributed by atoms with Crippen molar-refractivity contribution in [3.05, 3.63) is 24.3 Å². The number of benzene rings is 1. The molecule has 172 valence electrons. The summed E-state index contributed by atoms with van der Waals surface area (Å²) >= 11 is 0. The van der Waals surface area contributed by atoms with Gasteiger partial charge in [-0.2, -0.15) is 4.31 Å². The quantitative estimate of drug-likeness (QED) is 0.286. The molecule has 0 saturated carbocycles. The maximum Gasteiger partial charge on any atom is 0.333 e. The predicted molar refractivity (Wildman–Crippen MR) is 124 cm³/mol. The smallest absolute Gasteiger partial charge is 0.333 e. The topological polar surface area (TPSA) is 101 Å². The van der Waals surface area contributed by atoms with E-state index in [1.54, 1.807) is 12.1 Å². The Balaban J connectivity index is 2.18. The lowest BCUT2D eigenvalue weighted by Crippen LogP contribution is -2.42. The maximum absolute atomic E-state index is 12.6. The first kappa shape index (κ1) is 26.3. The summed E-state index contributed by atoms with van der Waals surface area (Å²) in [4.78, 5) is 11.7. The fourth-order valence-corrected chi connectivity index (χ4v) is 5.09. The van der Waals surface area contributed by atoms with Gasteiger partial charge in [-0.3, -0.25) is 0 Å². The Morgan fingerprint density at radius 1 is 0.833 bits per heavy atom. The van der Waals surface area contributed by atoms with Crippen LogP contribution >= 0.6 is 0 Å². The van der Waals surface area contributed by atoms with Crippen molar-refractivity contribution in [2.75, 3.05) is 10.1 Å². The predicted octanol–water partition coefficient (Wildman–Crippen LogP) is 6.09. The van der Waals surface area contributed by atoms with Crippen LogP contribution in [0.3, 0.4) is 0 Å². The zero-order valence-corrected chi connectivity index (χ0v) is 19.3. The minimum Gasteiger partial charge on any atom is -0.506 e. The summed E-state index contributed by atoms with van der Waals surface area (Å²) in [6.45, 7) is 2.24. The highest BCUT2D eigenvalue weighted by Crippen LogP contribution is 2.29. The first-order valence-electron chi connectivity index (χ1n) is 11.5. The summed E-state index contributed by atoms with van der Waals surface area (Å²) < 4.78 is 25.6. The molecule has 0 unspecified atom stereocenters. The van der Waals surface area contributed by atoms with Crippen LogP contribution in [0.2, 0.25) is 0 Å². The molecule has 1 rings (SSSR count). The standard InChI is InChI=1S/C23H40N2O4S/c1-2-3-4-5-6-7-8-9-10-11-12-13-14-17-20-30(28,29)25(23(24)27)21-18-15-16-19-22(21)26/h15-16,18-19,26H,2-14,17,20H2,1H3,(H2,24,27). The van der Waals surface area contributed by atoms with E-state index in [-0.39, 0.29) is 17.2 Å². The van der Waals surface area contributed by atoms with Crippen LogP contribution in [0.25, 0.3) is 0 Å². The van der Waals surface area contributed by atoms with Crippen LogP contribution in [0.5, 0.6) is 5.75 Å². The molecule has 0 radical (unpaired) electrons. The number of hydrogen-bond donors (Lipinski definition) is 2. The molecule has 0 aliphatic heterocycles. The van der Waals surface area contributed by atoms with Gasteiger partial charge in [-0.05, 0) is 18.6 Å². The van der Waals surface area contributed by atoms with E-state index in [1.165, 1.54) is 76.3 Å². The van der Waals surface area contributed by atoms with Gasteiger partial charge in [-0.15, -0.1) is 0 Å². The van der Waals surface area contributed by atoms with Gasteiger partial charge in [-0.25, -0.2) is 13.2 Å². The number of amides is 2. The van der Waals surface area contributed by atoms with Gasteiger partial charge < -0.3 is 10.8 Å². The van der Waals surface area contributed by atoms with E-state index < -0.39 is 16.1 Å². The minimum atomic E-state index is -3.91. The van der Waals surface area contributed by atoms with Crippen molar-refractivity contribution in [3.8, 4) is 5.75 Å². The molecular weight excluding hydrogens is 400 g/mol. The van der Waals surface area contributed by atoms with Gasteiger partial charge in [0.25, 0.3) is 0 Å². The number of unbranched alkanes of at least 4 members (excludes halogenated alkanes) is 13. The lowest BCUT2D eigenvalue weighted by molar-refractivity contribution is 0.256. The fraction of sp³-hybridized carbons (Fsp3) is 0.696. The number of sulfonamides is 1. The van der Waals surface area contributed by atoms with E-state index in [1.807, 2.05) is 0 Å². The SMILES string of the molecule is CCCCCCCCCCCCCCCCS(=O)(=O)N(C(N)=O)c1ccccc1O. The molecule has 1 aromatic rings. The molecule has 3 N–H and O–H groups in total. The molecule has 0 heterocycles. The van der Waals surface area contributed by atoms with E-state index >= 15 is 0 Å². The molecule has 6 nitrogen and oxygen atoms in total. The summed E-state index contributed by atoms with van der Waals surface area (Å²) in [5, 5.41) is 9.87. The molecule has 0 saturated heterocycles. The van der Waals surface area contributed by atoms with Crippen LogP contribution in [-0.2, 0) is 10.0 Å². The number of nitrogens with two attached hydrogens (primary N) is 1. The van der Waals surface area contributed by atoms with Crippen LogP contribution in [0, 0.1) is 0 Å². The Bertz CT molecular complexity index is 707. The van der Waals surface area contributed by atoms with E-state index in [4.69, 9.17) is 5.73 Å². The van der Waals surface area contributed by atoms with Crippen molar-refractivity contribution in [2.24, 2.45) is 5.73 Å². The van der Waals surface area contributed by atoms with Crippen molar-refractivity contribution in [2.45, 2.75) is 96.8 Å². The van der Waals surface area contributed by atoms with E-state index in [0.717, 1.165) is 19.3 Å². The summed E-state index contributed by atoms with van der Waals surface area (Å²) in [5.41, 5.74) is 5.17. The van der Waals surface area contributed by atoms with Gasteiger partial charge in [0.05, 0.1) is 5.75 Å². The third kappa shape index (κ3) is 10.3. The molecule has 2 amide bonds. The highest BCUT2D eigenvalue weighted by atomic mass is 32.2. The van der Waals surface area contributed by atoms with Crippen LogP contribution in [0.15, 0.2) is 24.3 Å². The Kier molecular flexibility index (Phi) is 13.2. The lowest BCUT2D eigenvalue weighted by atomic mass is 10.0. The number of anilines is 1. The number of para-hydroxylation sites is 2. The molecule has 7 heteroatoms. The Morgan fingerprint density at radius 2 is 1.27 bits per heavy atom. The van der Waals surface area contributed by atoms with Crippen LogP contribution in [0.4, 0.5) is 10.5 Å². The van der Waals surface area contributed by atoms with Crippen LogP contribution in [0.1, 0.15) is 96.8 Å². The first-order chi connectivity index (χ1) is 14.4. The Hall–Kier alpha value is -1.76. The molecule has 30 heavy (non-hydrogen) atoms. The zero-order valence-electron chi connectivity index (χ0n) is 18.5. The van der Waals surface area contributed by atoms with Gasteiger partial charge in [-0.1, -0.05) is 103 Å². The number of carbonyl (C=O) groups is 1. The second kappa shape index (κ2) is 15.1. The van der Waals surface area contributed by atoms with Gasteiger partial charge in [0.1, 0.15) is 11.4 Å². The lowest BCUT2D eigenvalue weighted by Gasteiger charge is -2.21. The van der Waals surface area contributed by atoms with E-state index in [0.29, 0.717) is 10.7 Å². The van der Waals surface area contributed by atoms with Gasteiger partial charge in [0.15, 0.2) is 0 Å². The summed E-state index contributed by atoms with van der Waals surface area (Å²) in [6.07, 6.45) is 16.5. The molecular formula is C23H40N2O4S. The summed E-state index contributed by atoms with van der Waals surface area (Å²) in [6, 6.07) is 4.68. The molecule has 1 aromatic carbocycles. The van der Waals surface area contributed by atoms with Crippen LogP contribution < -0.4 is 10.0 Å². The number of hydrogen-bond acceptors (Lipinski definition) is 4. The zero-order chi connectivity index (χ0) is 22.2. The van der Waals surface area contributed by atoms with E-state index in [2.05, 4.69) is 6.92 Å². The van der Waals surface area contributed by atoms with Gasteiger partial charge in [0, 0.05) is 0 Å². The number of phenolic OH excluding ortho intramolecular Hbond substituents is 1. The number of rotatable bonds is 17. The van der Waals surface area contributed by atoms with E-state index in [9.17, 15) is 18.3 Å². The number of aromatic hydroxyl groups is 1. The van der Waals surface area contributed by atoms with Crippen molar-refractivity contribution >= 4 is 21.7 Å². The summed E-state index contributed by atoms with van der Waals surface area (Å²) in [5.74, 6) is -0.455. The second-order valence-corrected chi connectivity index (χ2v) is 9.94. The Labute approximate surface area is 182 Å². The fourth-order valence-electron chi connectivity index (χ4n) is 3.61. The van der Waals surface area contributed by atoms with Crippen molar-refractivity contribution in [1.82, 2.24) is 0 Å². The maximum atomic E-state index is 12.6. The third-order valence-corrected chi connectivity index (χ3v) is 7.07. The average Bonchev–Trinajstić information content (AvgIpc) is 2.69. The molecule has 0 spiro atoms. The van der Waals surface area contributed by atoms with Crippen LogP contribution in [-0.4, -0.2) is 25.3 Å². The largest absolute Gasteiger partial charge is 0.506 e. The van der Waals surface area contributed by atoms with Crippen molar-refractivity contribution in [3.63, 3.8) is 0 Å². The molecule has 0 bridgehead atoms. The molecule has 0 fully saturated rings. The molecule has 0 aliphatic carbocycles. The number of primary amides is 1. The Morgan fingerprint density at radius 3 is 1.70 bits per heavy atom. The molecule has 0 aromatic heterocycles. The number of phenols is 1. The second-order valence-electron chi connectivity index (χ2n) is 8.00. The average molecular weight is 441 g/mol. The van der Waals surface area contributed by atoms with Gasteiger partial charge in [0.2, 0.25) is 10.0 Å². The van der Waals surface area contributed by atoms with Crippen molar-refractivity contribution < 1.29 is 18.3 Å². The van der Waals surface area contributed by atoms with Gasteiger partial charge >= 0.3 is 6.03 Å². The minimum absolute atomic E-state index is 0.102. The number of nitrogens with zero attached hydrogens (tertiary/aromatic N) is 1. The highest BCUT2D eigenvalue weighted by Gasteiger charge is 2.28. The monoisotopic (exact) mass is 440 g/mol. The number of carbonyl (C=O) groups excluding carboxylic acids is 1. The first-order valence-corrected chi connectivity index (χ1v) is 13.1. The molecule has 0 aliphatic rings. The highest BCUT2D eigenvalue weighted by molar-refractivity contribution is 7.93. The normalized spacial score (nSPS) is 11.5.